The zero-order valence-corrected chi connectivity index (χ0v) is 20.0. The lowest BCUT2D eigenvalue weighted by molar-refractivity contribution is -0.169. The van der Waals surface area contributed by atoms with Crippen LogP contribution in [0.5, 0.6) is 5.75 Å². The quantitative estimate of drug-likeness (QED) is 0.202. The molecule has 0 bridgehead atoms. The van der Waals surface area contributed by atoms with Gasteiger partial charge in [0, 0.05) is 23.1 Å². The summed E-state index contributed by atoms with van der Waals surface area (Å²) < 4.78 is 0. The number of aliphatic hydroxyl groups excluding tert-OH is 3. The van der Waals surface area contributed by atoms with Crippen molar-refractivity contribution in [3.05, 3.63) is 51.8 Å². The van der Waals surface area contributed by atoms with Gasteiger partial charge in [-0.1, -0.05) is 19.1 Å². The van der Waals surface area contributed by atoms with Crippen LogP contribution in [0.1, 0.15) is 29.5 Å². The minimum atomic E-state index is -3.00. The Kier molecular flexibility index (Phi) is 6.02. The lowest BCUT2D eigenvalue weighted by atomic mass is 9.54. The number of hydrogen-bond acceptors (Lipinski definition) is 10. The van der Waals surface area contributed by atoms with E-state index >= 15 is 0 Å². The van der Waals surface area contributed by atoms with Gasteiger partial charge >= 0.3 is 5.97 Å². The molecule has 1 aromatic carbocycles. The summed E-state index contributed by atoms with van der Waals surface area (Å²) >= 11 is 0. The number of hydrogen-bond donors (Lipinski definition) is 7. The Balaban J connectivity index is 2.03. The number of rotatable bonds is 4. The second-order valence-electron chi connectivity index (χ2n) is 9.69. The van der Waals surface area contributed by atoms with Gasteiger partial charge in [-0.3, -0.25) is 19.3 Å². The van der Waals surface area contributed by atoms with Gasteiger partial charge in [-0.2, -0.15) is 0 Å². The number of amides is 1. The maximum atomic E-state index is 13.9. The van der Waals surface area contributed by atoms with Crippen LogP contribution in [0, 0.1) is 11.8 Å². The smallest absolute Gasteiger partial charge is 0.328 e. The summed E-state index contributed by atoms with van der Waals surface area (Å²) in [6.07, 6.45) is 0.151. The van der Waals surface area contributed by atoms with E-state index in [0.717, 1.165) is 12.2 Å². The number of aromatic hydroxyl groups is 1. The number of nitrogens with two attached hydrogens (primary N) is 1. The van der Waals surface area contributed by atoms with Crippen molar-refractivity contribution in [3.63, 3.8) is 0 Å². The number of phenolic OH excluding ortho intramolecular Hbond substituents is 1. The molecule has 0 aromatic heterocycles. The van der Waals surface area contributed by atoms with E-state index in [-0.39, 0.29) is 11.1 Å². The molecule has 12 heteroatoms. The third-order valence-corrected chi connectivity index (χ3v) is 7.57. The zero-order chi connectivity index (χ0) is 27.7. The summed E-state index contributed by atoms with van der Waals surface area (Å²) in [5.74, 6) is -11.2. The molecular weight excluding hydrogens is 488 g/mol. The lowest BCUT2D eigenvalue weighted by Crippen LogP contribution is -2.70. The third kappa shape index (κ3) is 3.40. The Morgan fingerprint density at radius 2 is 1.76 bits per heavy atom. The molecule has 8 N–H and O–H groups in total. The van der Waals surface area contributed by atoms with Gasteiger partial charge in [-0.05, 0) is 31.7 Å². The molecule has 196 valence electrons. The van der Waals surface area contributed by atoms with Crippen LogP contribution < -0.4 is 5.73 Å². The molecule has 0 saturated heterocycles. The Morgan fingerprint density at radius 3 is 2.30 bits per heavy atom. The number of benzene rings is 1. The van der Waals surface area contributed by atoms with Gasteiger partial charge in [-0.25, -0.2) is 4.79 Å². The molecule has 1 fully saturated rings. The van der Waals surface area contributed by atoms with Crippen LogP contribution in [-0.2, 0) is 19.2 Å². The van der Waals surface area contributed by atoms with Gasteiger partial charge < -0.3 is 36.4 Å². The highest BCUT2D eigenvalue weighted by Gasteiger charge is 2.68. The van der Waals surface area contributed by atoms with E-state index in [1.54, 1.807) is 6.92 Å². The predicted octanol–water partition coefficient (Wildman–Crippen LogP) is -0.406. The lowest BCUT2D eigenvalue weighted by Gasteiger charge is -2.53. The number of carbonyl (C=O) groups is 4. The fraction of sp³-hybridized carbons (Fsp3) is 0.360. The van der Waals surface area contributed by atoms with Crippen molar-refractivity contribution in [2.45, 2.75) is 30.6 Å². The number of primary amides is 1. The highest BCUT2D eigenvalue weighted by molar-refractivity contribution is 6.24. The molecule has 0 heterocycles. The number of carbonyl (C=O) groups excluding carboxylic acids is 3. The van der Waals surface area contributed by atoms with Gasteiger partial charge in [0.15, 0.2) is 11.4 Å². The number of carboxylic acid groups (broad SMARTS) is 1. The number of nitrogens with zero attached hydrogens (tertiary/aromatic N) is 1. The van der Waals surface area contributed by atoms with Gasteiger partial charge in [0.1, 0.15) is 22.8 Å². The molecule has 37 heavy (non-hydrogen) atoms. The predicted molar refractivity (Wildman–Crippen MR) is 127 cm³/mol. The van der Waals surface area contributed by atoms with Crippen LogP contribution in [0.2, 0.25) is 0 Å². The molecule has 0 spiro atoms. The first-order valence-electron chi connectivity index (χ1n) is 11.3. The average Bonchev–Trinajstić information content (AvgIpc) is 2.80. The largest absolute Gasteiger partial charge is 0.508 e. The first-order valence-corrected chi connectivity index (χ1v) is 11.3. The van der Waals surface area contributed by atoms with Crippen LogP contribution in [0.3, 0.4) is 0 Å². The molecule has 1 saturated carbocycles. The van der Waals surface area contributed by atoms with E-state index in [2.05, 4.69) is 0 Å². The molecule has 1 aromatic rings. The first kappa shape index (κ1) is 26.1. The standard InChI is InChI=1S/C25H26N2O10/c1-8-10-6-4-9(5-7-11(28)29)18(30)13(10)19(31)14-12(8)20(32)16-17(27(2)3)21(33)15(24(26)36)23(35)25(16,37)22(14)34/h4-8,12,16-17,20,30-32,35,37H,1-3H3,(H2,26,36)(H,28,29)/b7-5+/t8-,12+,16+,17-,20+,25+/m1/s1. The summed E-state index contributed by atoms with van der Waals surface area (Å²) in [4.78, 5) is 51.2. The summed E-state index contributed by atoms with van der Waals surface area (Å²) in [5, 5.41) is 65.0. The highest BCUT2D eigenvalue weighted by Crippen LogP contribution is 2.56. The normalized spacial score (nSPS) is 31.5. The van der Waals surface area contributed by atoms with Crippen molar-refractivity contribution in [2.24, 2.45) is 17.6 Å². The molecule has 0 aliphatic heterocycles. The zero-order valence-electron chi connectivity index (χ0n) is 20.0. The number of likely N-dealkylation sites (N-methyl/N-ethyl adjacent to an activating group) is 1. The van der Waals surface area contributed by atoms with Crippen LogP contribution in [0.4, 0.5) is 0 Å². The van der Waals surface area contributed by atoms with Gasteiger partial charge in [-0.15, -0.1) is 0 Å². The SMILES string of the molecule is C[C@@H]1c2ccc(/C=C/C(=O)O)c(O)c2C(O)=C2C(=O)[C@]3(O)C(O)=C(C(N)=O)C(=O)[C@H](N(C)C)[C@H]3[C@@H](O)[C@H]21. The summed E-state index contributed by atoms with van der Waals surface area (Å²) in [5.41, 5.74) is 0.862. The summed E-state index contributed by atoms with van der Waals surface area (Å²) in [7, 11) is 2.85. The molecule has 3 aliphatic carbocycles. The molecule has 3 aliphatic rings. The summed E-state index contributed by atoms with van der Waals surface area (Å²) in [6, 6.07) is 1.46. The fourth-order valence-corrected chi connectivity index (χ4v) is 5.93. The number of aliphatic carboxylic acids is 1. The molecule has 12 nitrogen and oxygen atoms in total. The van der Waals surface area contributed by atoms with E-state index in [9.17, 15) is 44.7 Å². The van der Waals surface area contributed by atoms with Gasteiger partial charge in [0.25, 0.3) is 5.91 Å². The molecule has 6 atom stereocenters. The number of aliphatic hydroxyl groups is 4. The van der Waals surface area contributed by atoms with Crippen LogP contribution in [0.15, 0.2) is 35.1 Å². The maximum Gasteiger partial charge on any atom is 0.328 e. The third-order valence-electron chi connectivity index (χ3n) is 7.57. The van der Waals surface area contributed by atoms with E-state index in [1.165, 1.54) is 31.1 Å². The summed E-state index contributed by atoms with van der Waals surface area (Å²) in [6.45, 7) is 1.60. The highest BCUT2D eigenvalue weighted by atomic mass is 16.4. The van der Waals surface area contributed by atoms with E-state index < -0.39 is 87.4 Å². The molecular formula is C25H26N2O10. The Bertz CT molecular complexity index is 1360. The monoisotopic (exact) mass is 514 g/mol. The number of Topliss-reactive ketones (excluding diaryl/α,β-unsaturated/α-hetero) is 2. The van der Waals surface area contributed by atoms with Gasteiger partial charge in [0.05, 0.1) is 23.6 Å². The molecule has 4 rings (SSSR count). The van der Waals surface area contributed by atoms with Crippen molar-refractivity contribution in [3.8, 4) is 5.75 Å². The fourth-order valence-electron chi connectivity index (χ4n) is 5.93. The topological polar surface area (TPSA) is 219 Å². The second kappa shape index (κ2) is 8.54. The molecule has 0 unspecified atom stereocenters. The number of carboxylic acids is 1. The van der Waals surface area contributed by atoms with Crippen molar-refractivity contribution < 1.29 is 49.8 Å². The average molecular weight is 514 g/mol. The van der Waals surface area contributed by atoms with Gasteiger partial charge in [0.2, 0.25) is 5.78 Å². The van der Waals surface area contributed by atoms with Crippen LogP contribution in [-0.4, -0.2) is 90.8 Å². The van der Waals surface area contributed by atoms with Crippen LogP contribution >= 0.6 is 0 Å². The number of fused-ring (bicyclic) bond motifs is 3. The van der Waals surface area contributed by atoms with Crippen molar-refractivity contribution in [1.29, 1.82) is 0 Å². The Hall–Kier alpha value is -4.00. The second-order valence-corrected chi connectivity index (χ2v) is 9.69. The number of ketones is 2. The first-order chi connectivity index (χ1) is 17.2. The minimum Gasteiger partial charge on any atom is -0.508 e. The van der Waals surface area contributed by atoms with E-state index in [1.807, 2.05) is 0 Å². The van der Waals surface area contributed by atoms with E-state index in [0.29, 0.717) is 5.56 Å². The van der Waals surface area contributed by atoms with Crippen LogP contribution in [0.25, 0.3) is 11.8 Å². The Labute approximate surface area is 210 Å². The minimum absolute atomic E-state index is 0.00837. The maximum absolute atomic E-state index is 13.9. The van der Waals surface area contributed by atoms with Crippen molar-refractivity contribution in [1.82, 2.24) is 4.90 Å². The van der Waals surface area contributed by atoms with Crippen molar-refractivity contribution >= 4 is 35.3 Å². The van der Waals surface area contributed by atoms with Crippen molar-refractivity contribution in [2.75, 3.05) is 14.1 Å². The molecule has 0 radical (unpaired) electrons. The van der Waals surface area contributed by atoms with E-state index in [4.69, 9.17) is 10.8 Å². The molecule has 1 amide bonds. The Morgan fingerprint density at radius 1 is 1.14 bits per heavy atom. The number of phenols is 1.